The lowest BCUT2D eigenvalue weighted by atomic mass is 10.0. The molecule has 1 aliphatic carbocycles. The van der Waals surface area contributed by atoms with Crippen molar-refractivity contribution in [3.63, 3.8) is 0 Å². The Morgan fingerprint density at radius 2 is 1.63 bits per heavy atom. The molecule has 2 unspecified atom stereocenters. The molecule has 0 bridgehead atoms. The van der Waals surface area contributed by atoms with Crippen molar-refractivity contribution in [3.05, 3.63) is 114 Å². The molecule has 0 radical (unpaired) electrons. The molecular formula is C39H36FN5O6S. The van der Waals surface area contributed by atoms with E-state index in [-0.39, 0.29) is 35.0 Å². The highest BCUT2D eigenvalue weighted by atomic mass is 32.1. The van der Waals surface area contributed by atoms with Crippen LogP contribution in [-0.4, -0.2) is 58.8 Å². The summed E-state index contributed by atoms with van der Waals surface area (Å²) in [6.45, 7) is 1.91. The summed E-state index contributed by atoms with van der Waals surface area (Å²) in [6, 6.07) is 26.0. The summed E-state index contributed by atoms with van der Waals surface area (Å²) in [5.74, 6) is 0.973. The van der Waals surface area contributed by atoms with Crippen molar-refractivity contribution in [2.45, 2.75) is 19.3 Å². The van der Waals surface area contributed by atoms with E-state index in [2.05, 4.69) is 20.6 Å². The second kappa shape index (κ2) is 15.7. The van der Waals surface area contributed by atoms with Crippen LogP contribution in [0.4, 0.5) is 10.1 Å². The summed E-state index contributed by atoms with van der Waals surface area (Å²) in [7, 11) is 1.55. The van der Waals surface area contributed by atoms with Crippen LogP contribution in [-0.2, 0) is 16.1 Å². The summed E-state index contributed by atoms with van der Waals surface area (Å²) in [4.78, 5) is 39.1. The molecule has 7 rings (SSSR count). The molecule has 2 fully saturated rings. The van der Waals surface area contributed by atoms with Crippen LogP contribution in [0.15, 0.2) is 97.3 Å². The monoisotopic (exact) mass is 721 g/mol. The van der Waals surface area contributed by atoms with Gasteiger partial charge in [0, 0.05) is 30.9 Å². The van der Waals surface area contributed by atoms with Crippen LogP contribution in [0.2, 0.25) is 0 Å². The molecular weight excluding hydrogens is 686 g/mol. The van der Waals surface area contributed by atoms with Crippen LogP contribution in [0.1, 0.15) is 28.8 Å². The van der Waals surface area contributed by atoms with Gasteiger partial charge in [-0.1, -0.05) is 48.5 Å². The number of hydroxylamine groups is 2. The predicted molar refractivity (Wildman–Crippen MR) is 196 cm³/mol. The molecule has 0 spiro atoms. The maximum Gasteiger partial charge on any atom is 0.357 e. The number of ether oxygens (including phenoxy) is 3. The predicted octanol–water partition coefficient (Wildman–Crippen LogP) is 6.73. The molecule has 1 saturated carbocycles. The zero-order valence-corrected chi connectivity index (χ0v) is 29.1. The number of nitrogens with zero attached hydrogens (tertiary/aromatic N) is 3. The Bertz CT molecular complexity index is 2070. The van der Waals surface area contributed by atoms with Crippen molar-refractivity contribution in [1.82, 2.24) is 20.3 Å². The Balaban J connectivity index is 0.939. The van der Waals surface area contributed by atoms with E-state index in [9.17, 15) is 9.59 Å². The van der Waals surface area contributed by atoms with Crippen LogP contribution in [0.3, 0.4) is 0 Å². The van der Waals surface area contributed by atoms with E-state index in [1.54, 1.807) is 42.5 Å². The summed E-state index contributed by atoms with van der Waals surface area (Å²) in [5.41, 5.74) is 2.26. The third kappa shape index (κ3) is 8.27. The van der Waals surface area contributed by atoms with E-state index in [1.807, 2.05) is 48.5 Å². The highest BCUT2D eigenvalue weighted by molar-refractivity contribution is 7.80. The summed E-state index contributed by atoms with van der Waals surface area (Å²) in [6.07, 6.45) is 3.43. The van der Waals surface area contributed by atoms with Gasteiger partial charge in [0.2, 0.25) is 11.8 Å². The van der Waals surface area contributed by atoms with Gasteiger partial charge in [0.05, 0.1) is 36.6 Å². The molecule has 1 saturated heterocycles. The van der Waals surface area contributed by atoms with E-state index < -0.39 is 5.82 Å². The van der Waals surface area contributed by atoms with Gasteiger partial charge in [-0.3, -0.25) is 4.79 Å². The van der Waals surface area contributed by atoms with Gasteiger partial charge in [0.25, 0.3) is 0 Å². The minimum Gasteiger partial charge on any atom is -0.493 e. The molecule has 266 valence electrons. The topological polar surface area (TPSA) is 124 Å². The number of thiocarbonyl (C=S) groups is 1. The van der Waals surface area contributed by atoms with Crippen LogP contribution >= 0.6 is 12.2 Å². The molecule has 52 heavy (non-hydrogen) atoms. The smallest absolute Gasteiger partial charge is 0.357 e. The highest BCUT2D eigenvalue weighted by Gasteiger charge is 2.42. The van der Waals surface area contributed by atoms with Gasteiger partial charge >= 0.3 is 5.97 Å². The van der Waals surface area contributed by atoms with Crippen molar-refractivity contribution in [2.75, 3.05) is 32.1 Å². The third-order valence-electron chi connectivity index (χ3n) is 9.25. The van der Waals surface area contributed by atoms with Gasteiger partial charge in [-0.25, -0.2) is 19.2 Å². The van der Waals surface area contributed by atoms with E-state index in [1.165, 1.54) is 18.5 Å². The van der Waals surface area contributed by atoms with E-state index in [4.69, 9.17) is 31.3 Å². The van der Waals surface area contributed by atoms with Crippen LogP contribution < -0.4 is 24.8 Å². The second-order valence-corrected chi connectivity index (χ2v) is 13.3. The second-order valence-electron chi connectivity index (χ2n) is 12.9. The number of halogens is 1. The lowest BCUT2D eigenvalue weighted by molar-refractivity contribution is -0.119. The minimum absolute atomic E-state index is 0.0464. The number of carbonyl (C=O) groups excluding carboxylic acids is 2. The first kappa shape index (κ1) is 34.8. The van der Waals surface area contributed by atoms with Gasteiger partial charge in [0.1, 0.15) is 6.33 Å². The largest absolute Gasteiger partial charge is 0.493 e. The number of nitrogens with one attached hydrogen (secondary N) is 2. The SMILES string of the molecule is COc1cc2c(Oc3ccc(NC(=S)NC(=O)Cc4ccccc4)cc3F)ncnc2cc1OCC1CC2CN(OC(=O)c3ccccc3)CC2C1. The number of hydrogen-bond donors (Lipinski definition) is 2. The van der Waals surface area contributed by atoms with E-state index >= 15 is 4.39 Å². The van der Waals surface area contributed by atoms with E-state index in [0.717, 1.165) is 18.4 Å². The molecule has 2 N–H and O–H groups in total. The maximum atomic E-state index is 15.2. The first-order valence-electron chi connectivity index (χ1n) is 16.9. The number of methoxy groups -OCH3 is 1. The average molecular weight is 722 g/mol. The van der Waals surface area contributed by atoms with E-state index in [0.29, 0.717) is 71.1 Å². The van der Waals surface area contributed by atoms with Crippen molar-refractivity contribution < 1.29 is 33.0 Å². The number of benzene rings is 4. The Morgan fingerprint density at radius 3 is 2.35 bits per heavy atom. The molecule has 11 nitrogen and oxygen atoms in total. The Hall–Kier alpha value is -5.66. The lowest BCUT2D eigenvalue weighted by Crippen LogP contribution is -2.35. The maximum absolute atomic E-state index is 15.2. The number of carbonyl (C=O) groups is 2. The van der Waals surface area contributed by atoms with Gasteiger partial charge in [0.15, 0.2) is 28.2 Å². The Morgan fingerprint density at radius 1 is 0.904 bits per heavy atom. The molecule has 2 heterocycles. The van der Waals surface area contributed by atoms with Gasteiger partial charge in [-0.2, -0.15) is 0 Å². The standard InChI is InChI=1S/C39H36FN5O6S/c1-48-34-18-30-32(19-35(34)49-22-25-14-27-20-45(21-28(27)15-25)51-38(47)26-10-6-3-7-11-26)41-23-42-37(30)50-33-13-12-29(17-31(33)40)43-39(52)44-36(46)16-24-8-4-2-5-9-24/h2-13,17-19,23,25,27-28H,14-16,20-22H2,1H3,(H2,43,44,46,52). The number of rotatable bonds is 11. The first-order valence-corrected chi connectivity index (χ1v) is 17.3. The molecule has 1 amide bonds. The lowest BCUT2D eigenvalue weighted by Gasteiger charge is -2.19. The number of fused-ring (bicyclic) bond motifs is 2. The number of hydrogen-bond acceptors (Lipinski definition) is 10. The Labute approximate surface area is 305 Å². The van der Waals surface area contributed by atoms with Crippen LogP contribution in [0, 0.1) is 23.6 Å². The highest BCUT2D eigenvalue weighted by Crippen LogP contribution is 2.43. The molecule has 1 aliphatic heterocycles. The number of anilines is 1. The fourth-order valence-electron chi connectivity index (χ4n) is 6.82. The average Bonchev–Trinajstić information content (AvgIpc) is 3.70. The van der Waals surface area contributed by atoms with Crippen LogP contribution in [0.5, 0.6) is 23.1 Å². The van der Waals surface area contributed by atoms with Crippen LogP contribution in [0.25, 0.3) is 10.9 Å². The van der Waals surface area contributed by atoms with Crippen molar-refractivity contribution in [2.24, 2.45) is 17.8 Å². The quantitative estimate of drug-likeness (QED) is 0.141. The summed E-state index contributed by atoms with van der Waals surface area (Å²) < 4.78 is 33.1. The molecule has 2 atom stereocenters. The third-order valence-corrected chi connectivity index (χ3v) is 9.46. The zero-order valence-electron chi connectivity index (χ0n) is 28.3. The number of amides is 1. The summed E-state index contributed by atoms with van der Waals surface area (Å²) in [5, 5.41) is 7.78. The molecule has 4 aromatic carbocycles. The van der Waals surface area contributed by atoms with Crippen molar-refractivity contribution in [1.29, 1.82) is 0 Å². The van der Waals surface area contributed by atoms with Crippen molar-refractivity contribution in [3.8, 4) is 23.1 Å². The molecule has 5 aromatic rings. The molecule has 13 heteroatoms. The zero-order chi connectivity index (χ0) is 36.0. The van der Waals surface area contributed by atoms with Crippen molar-refractivity contribution >= 4 is 45.8 Å². The minimum atomic E-state index is -0.666. The Kier molecular flexibility index (Phi) is 10.5. The van der Waals surface area contributed by atoms with Gasteiger partial charge in [-0.15, -0.1) is 5.06 Å². The number of aromatic nitrogens is 2. The van der Waals surface area contributed by atoms with Gasteiger partial charge < -0.3 is 29.7 Å². The van der Waals surface area contributed by atoms with Gasteiger partial charge in [-0.05, 0) is 78.7 Å². The fraction of sp³-hybridized carbons (Fsp3) is 0.256. The molecule has 1 aromatic heterocycles. The summed E-state index contributed by atoms with van der Waals surface area (Å²) >= 11 is 5.24. The normalized spacial score (nSPS) is 18.0. The first-order chi connectivity index (χ1) is 25.3. The fourth-order valence-corrected chi connectivity index (χ4v) is 7.05. The molecule has 2 aliphatic rings.